The minimum atomic E-state index is -0.287. The van der Waals surface area contributed by atoms with E-state index in [4.69, 9.17) is 9.84 Å². The zero-order valence-electron chi connectivity index (χ0n) is 10.8. The summed E-state index contributed by atoms with van der Waals surface area (Å²) in [5.74, 6) is 0.721. The summed E-state index contributed by atoms with van der Waals surface area (Å²) in [6, 6.07) is 6.85. The van der Waals surface area contributed by atoms with E-state index in [9.17, 15) is 4.79 Å². The normalized spacial score (nSPS) is 11.7. The zero-order valence-corrected chi connectivity index (χ0v) is 10.8. The van der Waals surface area contributed by atoms with Crippen LogP contribution in [0.5, 0.6) is 5.75 Å². The van der Waals surface area contributed by atoms with Gasteiger partial charge in [0.25, 0.3) is 0 Å². The average Bonchev–Trinajstić information content (AvgIpc) is 2.29. The fraction of sp³-hybridized carbons (Fsp3) is 0.462. The van der Waals surface area contributed by atoms with E-state index in [-0.39, 0.29) is 18.7 Å². The summed E-state index contributed by atoms with van der Waals surface area (Å²) >= 11 is 0. The largest absolute Gasteiger partial charge is 0.494 e. The lowest BCUT2D eigenvalue weighted by Gasteiger charge is -2.13. The van der Waals surface area contributed by atoms with E-state index in [0.29, 0.717) is 18.7 Å². The number of hydrogen-bond acceptors (Lipinski definition) is 3. The highest BCUT2D eigenvalue weighted by Gasteiger charge is 2.07. The van der Waals surface area contributed by atoms with Crippen LogP contribution in [0.15, 0.2) is 24.3 Å². The van der Waals surface area contributed by atoms with Crippen molar-refractivity contribution in [1.82, 2.24) is 5.32 Å². The third-order valence-corrected chi connectivity index (χ3v) is 2.34. The van der Waals surface area contributed by atoms with Crippen LogP contribution in [0.2, 0.25) is 0 Å². The number of urea groups is 1. The van der Waals surface area contributed by atoms with Gasteiger partial charge in [0.2, 0.25) is 0 Å². The van der Waals surface area contributed by atoms with E-state index in [0.717, 1.165) is 5.75 Å². The summed E-state index contributed by atoms with van der Waals surface area (Å²) in [5, 5.41) is 14.2. The first-order chi connectivity index (χ1) is 8.65. The van der Waals surface area contributed by atoms with Crippen LogP contribution in [-0.2, 0) is 0 Å². The molecule has 0 aliphatic carbocycles. The van der Waals surface area contributed by atoms with Gasteiger partial charge in [0, 0.05) is 24.4 Å². The molecule has 2 amide bonds. The number of amides is 2. The minimum absolute atomic E-state index is 0.0568. The molecular formula is C13H20N2O3. The van der Waals surface area contributed by atoms with Gasteiger partial charge < -0.3 is 20.5 Å². The van der Waals surface area contributed by atoms with Crippen molar-refractivity contribution in [2.45, 2.75) is 26.3 Å². The fourth-order valence-electron chi connectivity index (χ4n) is 1.49. The lowest BCUT2D eigenvalue weighted by molar-refractivity contribution is 0.241. The molecule has 1 aromatic carbocycles. The lowest BCUT2D eigenvalue weighted by atomic mass is 10.2. The number of aliphatic hydroxyl groups excluding tert-OH is 1. The number of rotatable bonds is 6. The first-order valence-electron chi connectivity index (χ1n) is 6.07. The summed E-state index contributed by atoms with van der Waals surface area (Å²) in [5.41, 5.74) is 0.676. The molecule has 0 heterocycles. The van der Waals surface area contributed by atoms with Crippen molar-refractivity contribution in [3.63, 3.8) is 0 Å². The molecule has 0 fully saturated rings. The molecule has 100 valence electrons. The van der Waals surface area contributed by atoms with Gasteiger partial charge in [0.1, 0.15) is 5.75 Å². The van der Waals surface area contributed by atoms with E-state index >= 15 is 0 Å². The molecule has 5 heteroatoms. The van der Waals surface area contributed by atoms with Crippen molar-refractivity contribution in [3.8, 4) is 5.75 Å². The molecule has 0 unspecified atom stereocenters. The highest BCUT2D eigenvalue weighted by molar-refractivity contribution is 5.89. The van der Waals surface area contributed by atoms with E-state index in [1.165, 1.54) is 0 Å². The summed E-state index contributed by atoms with van der Waals surface area (Å²) in [6.45, 7) is 4.39. The third-order valence-electron chi connectivity index (χ3n) is 2.34. The molecule has 0 saturated carbocycles. The maximum absolute atomic E-state index is 11.6. The number of aliphatic hydroxyl groups is 1. The highest BCUT2D eigenvalue weighted by Crippen LogP contribution is 2.17. The summed E-state index contributed by atoms with van der Waals surface area (Å²) in [7, 11) is 0. The molecule has 0 bridgehead atoms. The zero-order chi connectivity index (χ0) is 13.4. The van der Waals surface area contributed by atoms with Gasteiger partial charge in [-0.25, -0.2) is 4.79 Å². The SMILES string of the molecule is CCOc1cccc(NC(=O)N[C@H](C)CCO)c1. The third kappa shape index (κ3) is 5.05. The van der Waals surface area contributed by atoms with Crippen molar-refractivity contribution in [2.24, 2.45) is 0 Å². The molecule has 0 spiro atoms. The topological polar surface area (TPSA) is 70.6 Å². The Labute approximate surface area is 107 Å². The van der Waals surface area contributed by atoms with Crippen molar-refractivity contribution >= 4 is 11.7 Å². The number of nitrogens with one attached hydrogen (secondary N) is 2. The monoisotopic (exact) mass is 252 g/mol. The van der Waals surface area contributed by atoms with Gasteiger partial charge in [-0.2, -0.15) is 0 Å². The van der Waals surface area contributed by atoms with Gasteiger partial charge in [-0.1, -0.05) is 6.07 Å². The Kier molecular flexibility index (Phi) is 6.00. The molecule has 0 aliphatic heterocycles. The first kappa shape index (κ1) is 14.3. The number of anilines is 1. The van der Waals surface area contributed by atoms with E-state index in [1.54, 1.807) is 12.1 Å². The smallest absolute Gasteiger partial charge is 0.319 e. The van der Waals surface area contributed by atoms with Crippen LogP contribution in [0.4, 0.5) is 10.5 Å². The van der Waals surface area contributed by atoms with Gasteiger partial charge in [0.15, 0.2) is 0 Å². The standard InChI is InChI=1S/C13H20N2O3/c1-3-18-12-6-4-5-11(9-12)15-13(17)14-10(2)7-8-16/h4-6,9-10,16H,3,7-8H2,1-2H3,(H2,14,15,17)/t10-/m1/s1. The van der Waals surface area contributed by atoms with Gasteiger partial charge in [0.05, 0.1) is 6.61 Å². The van der Waals surface area contributed by atoms with Crippen LogP contribution in [0, 0.1) is 0 Å². The quantitative estimate of drug-likeness (QED) is 0.725. The summed E-state index contributed by atoms with van der Waals surface area (Å²) in [4.78, 5) is 11.6. The highest BCUT2D eigenvalue weighted by atomic mass is 16.5. The number of benzene rings is 1. The van der Waals surface area contributed by atoms with Gasteiger partial charge in [-0.05, 0) is 32.4 Å². The number of ether oxygens (including phenoxy) is 1. The van der Waals surface area contributed by atoms with Crippen molar-refractivity contribution in [2.75, 3.05) is 18.5 Å². The Morgan fingerprint density at radius 1 is 1.50 bits per heavy atom. The molecule has 18 heavy (non-hydrogen) atoms. The van der Waals surface area contributed by atoms with Crippen LogP contribution < -0.4 is 15.4 Å². The van der Waals surface area contributed by atoms with Crippen LogP contribution in [0.25, 0.3) is 0 Å². The van der Waals surface area contributed by atoms with Crippen LogP contribution in [-0.4, -0.2) is 30.4 Å². The molecule has 0 aliphatic rings. The van der Waals surface area contributed by atoms with Crippen molar-refractivity contribution < 1.29 is 14.6 Å². The van der Waals surface area contributed by atoms with Gasteiger partial charge >= 0.3 is 6.03 Å². The summed E-state index contributed by atoms with van der Waals surface area (Å²) < 4.78 is 5.34. The predicted molar refractivity (Wildman–Crippen MR) is 70.9 cm³/mol. The Balaban J connectivity index is 2.50. The molecule has 5 nitrogen and oxygen atoms in total. The molecule has 1 rings (SSSR count). The molecular weight excluding hydrogens is 232 g/mol. The Hall–Kier alpha value is -1.75. The second-order valence-corrected chi connectivity index (χ2v) is 3.97. The van der Waals surface area contributed by atoms with Gasteiger partial charge in [-0.3, -0.25) is 0 Å². The van der Waals surface area contributed by atoms with Gasteiger partial charge in [-0.15, -0.1) is 0 Å². The van der Waals surface area contributed by atoms with E-state index in [1.807, 2.05) is 26.0 Å². The Bertz CT molecular complexity index is 382. The molecule has 0 aromatic heterocycles. The molecule has 3 N–H and O–H groups in total. The molecule has 1 aromatic rings. The number of hydrogen-bond donors (Lipinski definition) is 3. The van der Waals surface area contributed by atoms with Crippen LogP contribution in [0.1, 0.15) is 20.3 Å². The lowest BCUT2D eigenvalue weighted by Crippen LogP contribution is -2.36. The fourth-order valence-corrected chi connectivity index (χ4v) is 1.49. The summed E-state index contributed by atoms with van der Waals surface area (Å²) in [6.07, 6.45) is 0.534. The first-order valence-corrected chi connectivity index (χ1v) is 6.07. The number of carbonyl (C=O) groups excluding carboxylic acids is 1. The molecule has 0 saturated heterocycles. The van der Waals surface area contributed by atoms with E-state index < -0.39 is 0 Å². The van der Waals surface area contributed by atoms with Crippen LogP contribution >= 0.6 is 0 Å². The van der Waals surface area contributed by atoms with Crippen LogP contribution in [0.3, 0.4) is 0 Å². The van der Waals surface area contributed by atoms with Crippen molar-refractivity contribution in [1.29, 1.82) is 0 Å². The Morgan fingerprint density at radius 3 is 2.94 bits per heavy atom. The minimum Gasteiger partial charge on any atom is -0.494 e. The van der Waals surface area contributed by atoms with E-state index in [2.05, 4.69) is 10.6 Å². The second kappa shape index (κ2) is 7.55. The second-order valence-electron chi connectivity index (χ2n) is 3.97. The Morgan fingerprint density at radius 2 is 2.28 bits per heavy atom. The average molecular weight is 252 g/mol. The maximum atomic E-state index is 11.6. The van der Waals surface area contributed by atoms with Crippen molar-refractivity contribution in [3.05, 3.63) is 24.3 Å². The molecule has 1 atom stereocenters. The number of carbonyl (C=O) groups is 1. The molecule has 0 radical (unpaired) electrons. The predicted octanol–water partition coefficient (Wildman–Crippen LogP) is 1.98. The maximum Gasteiger partial charge on any atom is 0.319 e.